The molecule has 0 radical (unpaired) electrons. The van der Waals surface area contributed by atoms with E-state index in [0.717, 1.165) is 0 Å². The fourth-order valence-corrected chi connectivity index (χ4v) is 3.59. The molecule has 1 aliphatic rings. The standard InChI is InChI=1S/C23H21N3O3/c27-22-16(13-24-15-26-22)7-5-6-12-25-23(28)29-14-21-19-10-3-1-8-17(19)18-9-2-4-11-20(18)21/h1-5,7-11,13,15,21H,6,12,14H2,(H,25,28)(H,24,26,27). The largest absolute Gasteiger partial charge is 0.449 e. The van der Waals surface area contributed by atoms with Crippen LogP contribution >= 0.6 is 0 Å². The summed E-state index contributed by atoms with van der Waals surface area (Å²) in [7, 11) is 0. The molecule has 0 saturated carbocycles. The number of amides is 1. The summed E-state index contributed by atoms with van der Waals surface area (Å²) in [5.74, 6) is 0.0466. The number of benzene rings is 2. The lowest BCUT2D eigenvalue weighted by Crippen LogP contribution is -2.26. The van der Waals surface area contributed by atoms with E-state index in [2.05, 4.69) is 39.6 Å². The van der Waals surface area contributed by atoms with Gasteiger partial charge in [-0.15, -0.1) is 0 Å². The van der Waals surface area contributed by atoms with Crippen LogP contribution in [0.15, 0.2) is 71.9 Å². The zero-order valence-corrected chi connectivity index (χ0v) is 15.8. The summed E-state index contributed by atoms with van der Waals surface area (Å²) in [4.78, 5) is 30.0. The molecule has 146 valence electrons. The molecule has 29 heavy (non-hydrogen) atoms. The average molecular weight is 387 g/mol. The second kappa shape index (κ2) is 8.56. The van der Waals surface area contributed by atoms with Crippen molar-refractivity contribution in [1.29, 1.82) is 0 Å². The second-order valence-electron chi connectivity index (χ2n) is 6.78. The number of aromatic nitrogens is 2. The number of ether oxygens (including phenoxy) is 1. The molecule has 6 heteroatoms. The lowest BCUT2D eigenvalue weighted by atomic mass is 9.98. The van der Waals surface area contributed by atoms with E-state index in [1.165, 1.54) is 34.8 Å². The minimum atomic E-state index is -0.445. The number of H-pyrrole nitrogens is 1. The topological polar surface area (TPSA) is 84.1 Å². The van der Waals surface area contributed by atoms with Gasteiger partial charge in [0, 0.05) is 18.7 Å². The number of rotatable bonds is 6. The average Bonchev–Trinajstić information content (AvgIpc) is 3.07. The van der Waals surface area contributed by atoms with Crippen LogP contribution in [0.5, 0.6) is 0 Å². The zero-order valence-electron chi connectivity index (χ0n) is 15.8. The summed E-state index contributed by atoms with van der Waals surface area (Å²) in [5.41, 5.74) is 5.06. The molecule has 0 unspecified atom stereocenters. The highest BCUT2D eigenvalue weighted by Crippen LogP contribution is 2.44. The summed E-state index contributed by atoms with van der Waals surface area (Å²) in [6, 6.07) is 16.5. The first-order valence-electron chi connectivity index (χ1n) is 9.52. The van der Waals surface area contributed by atoms with Crippen LogP contribution in [0.25, 0.3) is 17.2 Å². The summed E-state index contributed by atoms with van der Waals surface area (Å²) in [6.45, 7) is 0.714. The molecule has 0 spiro atoms. The van der Waals surface area contributed by atoms with Crippen LogP contribution in [0.4, 0.5) is 4.79 Å². The monoisotopic (exact) mass is 387 g/mol. The third-order valence-electron chi connectivity index (χ3n) is 4.97. The van der Waals surface area contributed by atoms with Crippen molar-refractivity contribution in [3.8, 4) is 11.1 Å². The van der Waals surface area contributed by atoms with Crippen molar-refractivity contribution in [2.24, 2.45) is 0 Å². The van der Waals surface area contributed by atoms with E-state index in [-0.39, 0.29) is 11.5 Å². The first-order chi connectivity index (χ1) is 14.2. The third kappa shape index (κ3) is 4.11. The number of nitrogens with zero attached hydrogens (tertiary/aromatic N) is 1. The molecular formula is C23H21N3O3. The van der Waals surface area contributed by atoms with Crippen molar-refractivity contribution in [2.45, 2.75) is 12.3 Å². The summed E-state index contributed by atoms with van der Waals surface area (Å²) in [6.07, 6.45) is 6.48. The van der Waals surface area contributed by atoms with Gasteiger partial charge in [0.15, 0.2) is 0 Å². The molecule has 0 bridgehead atoms. The molecule has 0 fully saturated rings. The van der Waals surface area contributed by atoms with Crippen molar-refractivity contribution in [2.75, 3.05) is 13.2 Å². The molecule has 0 saturated heterocycles. The Labute approximate surface area is 168 Å². The van der Waals surface area contributed by atoms with Gasteiger partial charge in [-0.05, 0) is 28.7 Å². The maximum absolute atomic E-state index is 12.1. The SMILES string of the molecule is O=C(NCCC=Cc1cnc[nH]c1=O)OCC1c2ccccc2-c2ccccc21. The fourth-order valence-electron chi connectivity index (χ4n) is 3.59. The van der Waals surface area contributed by atoms with E-state index in [1.54, 1.807) is 6.08 Å². The first kappa shape index (κ1) is 18.7. The predicted octanol–water partition coefficient (Wildman–Crippen LogP) is 3.71. The fraction of sp³-hybridized carbons (Fsp3) is 0.174. The molecule has 1 aromatic heterocycles. The van der Waals surface area contributed by atoms with Gasteiger partial charge in [-0.1, -0.05) is 60.7 Å². The number of aromatic amines is 1. The Balaban J connectivity index is 1.29. The van der Waals surface area contributed by atoms with Crippen LogP contribution in [-0.4, -0.2) is 29.2 Å². The number of fused-ring (bicyclic) bond motifs is 3. The van der Waals surface area contributed by atoms with E-state index in [4.69, 9.17) is 4.74 Å². The molecule has 4 rings (SSSR count). The lowest BCUT2D eigenvalue weighted by molar-refractivity contribution is 0.143. The van der Waals surface area contributed by atoms with Gasteiger partial charge in [0.25, 0.3) is 5.56 Å². The highest BCUT2D eigenvalue weighted by molar-refractivity contribution is 5.79. The van der Waals surface area contributed by atoms with E-state index in [0.29, 0.717) is 25.1 Å². The molecular weight excluding hydrogens is 366 g/mol. The van der Waals surface area contributed by atoms with Gasteiger partial charge in [0.1, 0.15) is 6.61 Å². The highest BCUT2D eigenvalue weighted by Gasteiger charge is 2.28. The molecule has 0 atom stereocenters. The van der Waals surface area contributed by atoms with Crippen LogP contribution in [0.2, 0.25) is 0 Å². The Morgan fingerprint density at radius 1 is 1.10 bits per heavy atom. The molecule has 0 aliphatic heterocycles. The maximum atomic E-state index is 12.1. The Morgan fingerprint density at radius 2 is 1.79 bits per heavy atom. The van der Waals surface area contributed by atoms with Gasteiger partial charge in [-0.3, -0.25) is 4.79 Å². The molecule has 3 aromatic rings. The van der Waals surface area contributed by atoms with Crippen LogP contribution in [0, 0.1) is 0 Å². The molecule has 2 aromatic carbocycles. The van der Waals surface area contributed by atoms with E-state index in [1.807, 2.05) is 30.3 Å². The quantitative estimate of drug-likeness (QED) is 0.632. The summed E-state index contributed by atoms with van der Waals surface area (Å²) < 4.78 is 5.48. The van der Waals surface area contributed by atoms with Gasteiger partial charge >= 0.3 is 6.09 Å². The van der Waals surface area contributed by atoms with Crippen LogP contribution in [0.1, 0.15) is 29.0 Å². The van der Waals surface area contributed by atoms with Crippen LogP contribution in [-0.2, 0) is 4.74 Å². The van der Waals surface area contributed by atoms with Crippen molar-refractivity contribution in [3.05, 3.63) is 94.2 Å². The number of carbonyl (C=O) groups excluding carboxylic acids is 1. The second-order valence-corrected chi connectivity index (χ2v) is 6.78. The third-order valence-corrected chi connectivity index (χ3v) is 4.97. The van der Waals surface area contributed by atoms with Crippen LogP contribution < -0.4 is 10.9 Å². The van der Waals surface area contributed by atoms with Gasteiger partial charge in [-0.2, -0.15) is 0 Å². The van der Waals surface area contributed by atoms with E-state index >= 15 is 0 Å². The number of hydrogen-bond donors (Lipinski definition) is 2. The Morgan fingerprint density at radius 3 is 2.48 bits per heavy atom. The first-order valence-corrected chi connectivity index (χ1v) is 9.52. The summed E-state index contributed by atoms with van der Waals surface area (Å²) >= 11 is 0. The van der Waals surface area contributed by atoms with Gasteiger partial charge in [0.2, 0.25) is 0 Å². The molecule has 6 nitrogen and oxygen atoms in total. The zero-order chi connectivity index (χ0) is 20.1. The van der Waals surface area contributed by atoms with Crippen molar-refractivity contribution < 1.29 is 9.53 Å². The van der Waals surface area contributed by atoms with E-state index in [9.17, 15) is 9.59 Å². The van der Waals surface area contributed by atoms with Gasteiger partial charge in [-0.25, -0.2) is 9.78 Å². The Bertz CT molecular complexity index is 1060. The number of alkyl carbamates (subject to hydrolysis) is 1. The summed E-state index contributed by atoms with van der Waals surface area (Å²) in [5, 5.41) is 2.74. The van der Waals surface area contributed by atoms with Crippen LogP contribution in [0.3, 0.4) is 0 Å². The van der Waals surface area contributed by atoms with E-state index < -0.39 is 6.09 Å². The van der Waals surface area contributed by atoms with Crippen molar-refractivity contribution in [1.82, 2.24) is 15.3 Å². The molecule has 1 amide bonds. The minimum absolute atomic E-state index is 0.0466. The molecule has 2 N–H and O–H groups in total. The smallest absolute Gasteiger partial charge is 0.407 e. The number of hydrogen-bond acceptors (Lipinski definition) is 4. The Kier molecular flexibility index (Phi) is 5.52. The van der Waals surface area contributed by atoms with Crippen molar-refractivity contribution in [3.63, 3.8) is 0 Å². The molecule has 1 heterocycles. The highest BCUT2D eigenvalue weighted by atomic mass is 16.5. The van der Waals surface area contributed by atoms with Gasteiger partial charge < -0.3 is 15.0 Å². The van der Waals surface area contributed by atoms with Crippen molar-refractivity contribution >= 4 is 12.2 Å². The minimum Gasteiger partial charge on any atom is -0.449 e. The Hall–Kier alpha value is -3.67. The lowest BCUT2D eigenvalue weighted by Gasteiger charge is -2.14. The number of carbonyl (C=O) groups is 1. The normalized spacial score (nSPS) is 12.6. The maximum Gasteiger partial charge on any atom is 0.407 e. The number of nitrogens with one attached hydrogen (secondary N) is 2. The predicted molar refractivity (Wildman–Crippen MR) is 112 cm³/mol. The van der Waals surface area contributed by atoms with Gasteiger partial charge in [0.05, 0.1) is 11.9 Å². The molecule has 1 aliphatic carbocycles.